The summed E-state index contributed by atoms with van der Waals surface area (Å²) in [6, 6.07) is 8.00. The number of hydrogen-bond donors (Lipinski definition) is 1. The molecule has 2 aromatic rings. The quantitative estimate of drug-likeness (QED) is 0.356. The number of hydrogen-bond acceptors (Lipinski definition) is 4. The van der Waals surface area contributed by atoms with Gasteiger partial charge in [0.2, 0.25) is 5.91 Å². The molecule has 0 radical (unpaired) electrons. The lowest BCUT2D eigenvalue weighted by molar-refractivity contribution is -0.120. The van der Waals surface area contributed by atoms with Crippen molar-refractivity contribution in [2.45, 2.75) is 20.4 Å². The molecule has 164 valence electrons. The van der Waals surface area contributed by atoms with Crippen LogP contribution >= 0.6 is 24.0 Å². The van der Waals surface area contributed by atoms with Crippen LogP contribution in [0.25, 0.3) is 0 Å². The Kier molecular flexibility index (Phi) is 8.94. The van der Waals surface area contributed by atoms with Crippen molar-refractivity contribution in [2.75, 3.05) is 38.2 Å². The highest BCUT2D eigenvalue weighted by atomic mass is 127. The van der Waals surface area contributed by atoms with Gasteiger partial charge < -0.3 is 19.9 Å². The monoisotopic (exact) mass is 526 g/mol. The number of guanidine groups is 1. The minimum absolute atomic E-state index is 0. The lowest BCUT2D eigenvalue weighted by Gasteiger charge is -2.35. The van der Waals surface area contributed by atoms with Gasteiger partial charge in [0.25, 0.3) is 0 Å². The molecule has 3 rings (SSSR count). The fourth-order valence-corrected chi connectivity index (χ4v) is 3.23. The van der Waals surface area contributed by atoms with Gasteiger partial charge >= 0.3 is 0 Å². The maximum absolute atomic E-state index is 12.7. The average molecular weight is 526 g/mol. The van der Waals surface area contributed by atoms with Gasteiger partial charge in [0, 0.05) is 45.5 Å². The molecule has 1 aliphatic rings. The Morgan fingerprint density at radius 3 is 2.70 bits per heavy atom. The first-order valence-corrected chi connectivity index (χ1v) is 9.93. The Morgan fingerprint density at radius 2 is 2.07 bits per heavy atom. The van der Waals surface area contributed by atoms with E-state index in [4.69, 9.17) is 4.74 Å². The second-order valence-electron chi connectivity index (χ2n) is 7.55. The summed E-state index contributed by atoms with van der Waals surface area (Å²) in [5.74, 6) is 2.09. The van der Waals surface area contributed by atoms with Crippen molar-refractivity contribution in [1.82, 2.24) is 20.0 Å². The van der Waals surface area contributed by atoms with E-state index < -0.39 is 0 Å². The third kappa shape index (κ3) is 6.10. The van der Waals surface area contributed by atoms with Gasteiger partial charge in [-0.25, -0.2) is 0 Å². The molecule has 0 atom stereocenters. The summed E-state index contributed by atoms with van der Waals surface area (Å²) in [4.78, 5) is 20.8. The molecule has 1 aromatic heterocycles. The normalized spacial score (nSPS) is 14.7. The zero-order valence-electron chi connectivity index (χ0n) is 18.0. The van der Waals surface area contributed by atoms with Crippen LogP contribution in [-0.4, -0.2) is 59.8 Å². The number of nitrogens with one attached hydrogen (secondary N) is 1. The smallest absolute Gasteiger partial charge is 0.246 e. The maximum Gasteiger partial charge on any atom is 0.246 e. The molecule has 30 heavy (non-hydrogen) atoms. The van der Waals surface area contributed by atoms with Crippen LogP contribution in [0.2, 0.25) is 0 Å². The Hall–Kier alpha value is -2.30. The number of aryl methyl sites for hydroxylation is 1. The van der Waals surface area contributed by atoms with Crippen molar-refractivity contribution in [1.29, 1.82) is 0 Å². The number of benzene rings is 1. The fraction of sp³-hybridized carbons (Fsp3) is 0.476. The summed E-state index contributed by atoms with van der Waals surface area (Å²) in [6.07, 6.45) is 3.57. The van der Waals surface area contributed by atoms with Crippen molar-refractivity contribution in [3.05, 3.63) is 42.2 Å². The number of aliphatic imine (C=N–C) groups is 1. The predicted molar refractivity (Wildman–Crippen MR) is 130 cm³/mol. The third-order valence-electron chi connectivity index (χ3n) is 4.72. The van der Waals surface area contributed by atoms with E-state index in [1.165, 1.54) is 0 Å². The average Bonchev–Trinajstić information content (AvgIpc) is 3.13. The molecule has 1 fully saturated rings. The Bertz CT molecular complexity index is 867. The summed E-state index contributed by atoms with van der Waals surface area (Å²) in [5, 5.41) is 7.53. The van der Waals surface area contributed by atoms with E-state index in [0.29, 0.717) is 38.1 Å². The van der Waals surface area contributed by atoms with Gasteiger partial charge in [0.1, 0.15) is 12.3 Å². The number of aromatic nitrogens is 2. The minimum Gasteiger partial charge on any atom is -0.493 e. The van der Waals surface area contributed by atoms with Crippen LogP contribution < -0.4 is 15.0 Å². The molecule has 0 aliphatic carbocycles. The van der Waals surface area contributed by atoms with Crippen LogP contribution in [0.15, 0.2) is 41.7 Å². The van der Waals surface area contributed by atoms with Crippen molar-refractivity contribution in [3.63, 3.8) is 0 Å². The molecule has 1 saturated heterocycles. The second-order valence-corrected chi connectivity index (χ2v) is 7.55. The van der Waals surface area contributed by atoms with Gasteiger partial charge in [-0.15, -0.1) is 24.0 Å². The van der Waals surface area contributed by atoms with Gasteiger partial charge in [-0.2, -0.15) is 5.10 Å². The first kappa shape index (κ1) is 24.0. The molecular formula is C21H31IN6O2. The molecule has 0 saturated carbocycles. The zero-order valence-corrected chi connectivity index (χ0v) is 20.4. The molecule has 1 amide bonds. The highest BCUT2D eigenvalue weighted by Gasteiger charge is 2.27. The van der Waals surface area contributed by atoms with Crippen LogP contribution in [0.4, 0.5) is 5.69 Å². The summed E-state index contributed by atoms with van der Waals surface area (Å²) >= 11 is 0. The molecule has 0 spiro atoms. The Labute approximate surface area is 195 Å². The minimum atomic E-state index is 0. The van der Waals surface area contributed by atoms with E-state index in [0.717, 1.165) is 17.0 Å². The lowest BCUT2D eigenvalue weighted by Crippen LogP contribution is -2.55. The van der Waals surface area contributed by atoms with Gasteiger partial charge in [-0.1, -0.05) is 32.0 Å². The number of carbonyl (C=O) groups is 1. The number of carbonyl (C=O) groups excluding carboxylic acids is 1. The Balaban J connectivity index is 0.00000320. The first-order valence-electron chi connectivity index (χ1n) is 9.93. The topological polar surface area (TPSA) is 75.0 Å². The molecule has 0 unspecified atom stereocenters. The SMILES string of the molecule is CN=C(NCc1ccccc1OCC(C)C)N1CCN(c2cnn(C)c2)C(=O)C1.I. The lowest BCUT2D eigenvalue weighted by atomic mass is 10.2. The number of rotatable bonds is 6. The number of amides is 1. The van der Waals surface area contributed by atoms with E-state index in [-0.39, 0.29) is 36.4 Å². The van der Waals surface area contributed by atoms with Gasteiger partial charge in [0.15, 0.2) is 5.96 Å². The standard InChI is InChI=1S/C21H30N6O2.HI/c1-16(2)15-29-19-8-6-5-7-17(19)11-23-21(22-3)26-9-10-27(20(28)14-26)18-12-24-25(4)13-18;/h5-8,12-13,16H,9-11,14-15H2,1-4H3,(H,22,23);1H. The van der Waals surface area contributed by atoms with E-state index in [1.807, 2.05) is 42.4 Å². The van der Waals surface area contributed by atoms with Gasteiger partial charge in [0.05, 0.1) is 18.5 Å². The number of para-hydroxylation sites is 1. The van der Waals surface area contributed by atoms with Crippen LogP contribution in [-0.2, 0) is 18.4 Å². The summed E-state index contributed by atoms with van der Waals surface area (Å²) < 4.78 is 7.63. The van der Waals surface area contributed by atoms with Gasteiger partial charge in [-0.05, 0) is 12.0 Å². The molecule has 1 aromatic carbocycles. The van der Waals surface area contributed by atoms with E-state index >= 15 is 0 Å². The largest absolute Gasteiger partial charge is 0.493 e. The van der Waals surface area contributed by atoms with Crippen molar-refractivity contribution >= 4 is 41.5 Å². The molecule has 8 nitrogen and oxygen atoms in total. The van der Waals surface area contributed by atoms with Crippen LogP contribution in [0.3, 0.4) is 0 Å². The third-order valence-corrected chi connectivity index (χ3v) is 4.72. The highest BCUT2D eigenvalue weighted by molar-refractivity contribution is 14.0. The summed E-state index contributed by atoms with van der Waals surface area (Å²) in [7, 11) is 3.58. The van der Waals surface area contributed by atoms with Gasteiger partial charge in [-0.3, -0.25) is 14.5 Å². The Morgan fingerprint density at radius 1 is 1.30 bits per heavy atom. The summed E-state index contributed by atoms with van der Waals surface area (Å²) in [5.41, 5.74) is 1.89. The predicted octanol–water partition coefficient (Wildman–Crippen LogP) is 2.50. The van der Waals surface area contributed by atoms with E-state index in [1.54, 1.807) is 22.8 Å². The number of ether oxygens (including phenoxy) is 1. The van der Waals surface area contributed by atoms with Crippen LogP contribution in [0.5, 0.6) is 5.75 Å². The van der Waals surface area contributed by atoms with Crippen LogP contribution in [0.1, 0.15) is 19.4 Å². The molecule has 0 bridgehead atoms. The van der Waals surface area contributed by atoms with E-state index in [2.05, 4.69) is 29.3 Å². The number of nitrogens with zero attached hydrogens (tertiary/aromatic N) is 5. The fourth-order valence-electron chi connectivity index (χ4n) is 3.23. The van der Waals surface area contributed by atoms with E-state index in [9.17, 15) is 4.79 Å². The molecule has 9 heteroatoms. The number of halogens is 1. The molecular weight excluding hydrogens is 495 g/mol. The van der Waals surface area contributed by atoms with Crippen molar-refractivity contribution < 1.29 is 9.53 Å². The second kappa shape index (κ2) is 11.2. The first-order chi connectivity index (χ1) is 14.0. The van der Waals surface area contributed by atoms with Crippen LogP contribution in [0, 0.1) is 5.92 Å². The highest BCUT2D eigenvalue weighted by Crippen LogP contribution is 2.19. The van der Waals surface area contributed by atoms with Crippen molar-refractivity contribution in [3.8, 4) is 5.75 Å². The maximum atomic E-state index is 12.7. The van der Waals surface area contributed by atoms with Crippen molar-refractivity contribution in [2.24, 2.45) is 18.0 Å². The zero-order chi connectivity index (χ0) is 20.8. The molecule has 1 N–H and O–H groups in total. The molecule has 1 aliphatic heterocycles. The molecule has 2 heterocycles. The number of piperazine rings is 1. The summed E-state index contributed by atoms with van der Waals surface area (Å²) in [6.45, 7) is 7.09. The number of anilines is 1.